The molecule has 12 heavy (non-hydrogen) atoms. The Kier molecular flexibility index (Phi) is 5.02. The van der Waals surface area contributed by atoms with Crippen molar-refractivity contribution < 1.29 is 4.74 Å². The number of hydrogen-bond donors (Lipinski definition) is 1. The van der Waals surface area contributed by atoms with Gasteiger partial charge in [0, 0.05) is 19.1 Å². The molecule has 0 spiro atoms. The maximum Gasteiger partial charge on any atom is 0.122 e. The van der Waals surface area contributed by atoms with Gasteiger partial charge in [-0.05, 0) is 41.9 Å². The van der Waals surface area contributed by atoms with Crippen molar-refractivity contribution in [2.24, 2.45) is 11.7 Å². The van der Waals surface area contributed by atoms with E-state index in [1.807, 2.05) is 0 Å². The number of methoxy groups -OCH3 is 1. The number of alkyl halides is 1. The van der Waals surface area contributed by atoms with Crippen LogP contribution in [0.2, 0.25) is 0 Å². The van der Waals surface area contributed by atoms with Gasteiger partial charge in [-0.3, -0.25) is 0 Å². The van der Waals surface area contributed by atoms with Crippen molar-refractivity contribution in [1.82, 2.24) is 0 Å². The highest BCUT2D eigenvalue weighted by molar-refractivity contribution is 14.1. The van der Waals surface area contributed by atoms with Crippen molar-refractivity contribution in [2.45, 2.75) is 43.3 Å². The zero-order valence-corrected chi connectivity index (χ0v) is 9.30. The van der Waals surface area contributed by atoms with Crippen LogP contribution in [0.25, 0.3) is 0 Å². The Morgan fingerprint density at radius 2 is 2.33 bits per heavy atom. The van der Waals surface area contributed by atoms with E-state index in [4.69, 9.17) is 10.5 Å². The fraction of sp³-hybridized carbons (Fsp3) is 1.00. The van der Waals surface area contributed by atoms with Crippen molar-refractivity contribution in [1.29, 1.82) is 0 Å². The molecule has 0 heterocycles. The summed E-state index contributed by atoms with van der Waals surface area (Å²) in [7, 11) is 1.78. The van der Waals surface area contributed by atoms with Crippen LogP contribution in [0.15, 0.2) is 0 Å². The highest BCUT2D eigenvalue weighted by Gasteiger charge is 2.52. The molecule has 0 saturated heterocycles. The topological polar surface area (TPSA) is 35.2 Å². The van der Waals surface area contributed by atoms with Crippen molar-refractivity contribution >= 4 is 22.6 Å². The van der Waals surface area contributed by atoms with E-state index in [9.17, 15) is 0 Å². The maximum atomic E-state index is 5.83. The lowest BCUT2D eigenvalue weighted by Crippen LogP contribution is -2.21. The third-order valence-electron chi connectivity index (χ3n) is 2.43. The second-order valence-corrected chi connectivity index (χ2v) is 5.12. The lowest BCUT2D eigenvalue weighted by molar-refractivity contribution is 0.152. The molecule has 0 aromatic heterocycles. The number of nitrogens with two attached hydrogens (primary N) is 1. The van der Waals surface area contributed by atoms with E-state index in [2.05, 4.69) is 29.5 Å². The van der Waals surface area contributed by atoms with Crippen LogP contribution in [0.5, 0.6) is 0 Å². The summed E-state index contributed by atoms with van der Waals surface area (Å²) in [6.45, 7) is 2.13. The van der Waals surface area contributed by atoms with E-state index in [1.165, 1.54) is 6.42 Å². The van der Waals surface area contributed by atoms with Crippen molar-refractivity contribution in [3.05, 3.63) is 0 Å². The molecule has 2 nitrogen and oxygen atoms in total. The Bertz CT molecular complexity index is 142. The minimum Gasteiger partial charge on any atom is -0.368 e. The summed E-state index contributed by atoms with van der Waals surface area (Å²) in [6.07, 6.45) is 3.37. The summed E-state index contributed by atoms with van der Waals surface area (Å²) in [4.78, 5) is 0. The van der Waals surface area contributed by atoms with Gasteiger partial charge in [0.25, 0.3) is 0 Å². The van der Waals surface area contributed by atoms with Crippen LogP contribution in [0.3, 0.4) is 0 Å². The Labute approximate surface area is 89.4 Å². The molecule has 1 rings (SSSR count). The van der Waals surface area contributed by atoms with Crippen LogP contribution in [-0.4, -0.2) is 16.8 Å². The number of halogens is 1. The quantitative estimate of drug-likeness (QED) is 0.636. The van der Waals surface area contributed by atoms with Gasteiger partial charge in [-0.15, -0.1) is 0 Å². The Hall–Kier alpha value is 0.650. The van der Waals surface area contributed by atoms with E-state index < -0.39 is 0 Å². The molecule has 0 amide bonds. The van der Waals surface area contributed by atoms with Crippen LogP contribution >= 0.6 is 22.6 Å². The number of rotatable bonds is 4. The molecule has 0 radical (unpaired) electrons. The van der Waals surface area contributed by atoms with Crippen LogP contribution in [0.4, 0.5) is 0 Å². The highest BCUT2D eigenvalue weighted by atomic mass is 127. The molecule has 0 aromatic rings. The second kappa shape index (κ2) is 4.77. The summed E-state index contributed by atoms with van der Waals surface area (Å²) in [5, 5.41) is 0. The van der Waals surface area contributed by atoms with E-state index in [0.29, 0.717) is 12.0 Å². The van der Waals surface area contributed by atoms with Gasteiger partial charge in [-0.25, -0.2) is 0 Å². The standard InChI is InChI=1S/C8H16INO.CH4/c1-3-7(10)4-6-5-8(6,9)11-2;/h6-7H,3-5,10H2,1-2H3;1H4. The molecule has 0 aliphatic heterocycles. The van der Waals surface area contributed by atoms with Gasteiger partial charge < -0.3 is 10.5 Å². The molecule has 3 atom stereocenters. The van der Waals surface area contributed by atoms with Crippen molar-refractivity contribution in [2.75, 3.05) is 7.11 Å². The van der Waals surface area contributed by atoms with Gasteiger partial charge in [-0.1, -0.05) is 14.4 Å². The SMILES string of the molecule is C.CCC(N)CC1CC1(I)OC. The monoisotopic (exact) mass is 285 g/mol. The predicted molar refractivity (Wildman–Crippen MR) is 61.5 cm³/mol. The van der Waals surface area contributed by atoms with Gasteiger partial charge >= 0.3 is 0 Å². The first kappa shape index (κ1) is 12.7. The molecule has 3 unspecified atom stereocenters. The molecular formula is C9H20INO. The third kappa shape index (κ3) is 2.85. The summed E-state index contributed by atoms with van der Waals surface area (Å²) >= 11 is 2.39. The molecule has 74 valence electrons. The van der Waals surface area contributed by atoms with Gasteiger partial charge in [0.1, 0.15) is 3.61 Å². The zero-order valence-electron chi connectivity index (χ0n) is 7.14. The van der Waals surface area contributed by atoms with Crippen molar-refractivity contribution in [3.63, 3.8) is 0 Å². The lowest BCUT2D eigenvalue weighted by atomic mass is 10.1. The largest absolute Gasteiger partial charge is 0.368 e. The maximum absolute atomic E-state index is 5.83. The van der Waals surface area contributed by atoms with Gasteiger partial charge in [0.2, 0.25) is 0 Å². The highest BCUT2D eigenvalue weighted by Crippen LogP contribution is 2.54. The smallest absolute Gasteiger partial charge is 0.122 e. The predicted octanol–water partition coefficient (Wildman–Crippen LogP) is 2.55. The first-order chi connectivity index (χ1) is 5.12. The molecule has 0 aromatic carbocycles. The minimum atomic E-state index is 0. The fourth-order valence-electron chi connectivity index (χ4n) is 1.32. The Morgan fingerprint density at radius 3 is 2.67 bits per heavy atom. The molecule has 1 saturated carbocycles. The molecule has 3 heteroatoms. The minimum absolute atomic E-state index is 0. The van der Waals surface area contributed by atoms with E-state index in [1.54, 1.807) is 7.11 Å². The van der Waals surface area contributed by atoms with E-state index in [0.717, 1.165) is 12.8 Å². The van der Waals surface area contributed by atoms with Crippen LogP contribution < -0.4 is 5.73 Å². The first-order valence-corrected chi connectivity index (χ1v) is 5.20. The summed E-state index contributed by atoms with van der Waals surface area (Å²) < 4.78 is 5.47. The van der Waals surface area contributed by atoms with E-state index >= 15 is 0 Å². The van der Waals surface area contributed by atoms with Crippen LogP contribution in [0.1, 0.15) is 33.6 Å². The molecule has 0 bridgehead atoms. The average molecular weight is 285 g/mol. The number of ether oxygens (including phenoxy) is 1. The van der Waals surface area contributed by atoms with Crippen LogP contribution in [0, 0.1) is 5.92 Å². The molecule has 1 fully saturated rings. The second-order valence-electron chi connectivity index (χ2n) is 3.30. The molecule has 1 aliphatic rings. The molecule has 2 N–H and O–H groups in total. The third-order valence-corrected chi connectivity index (χ3v) is 4.19. The Morgan fingerprint density at radius 1 is 1.75 bits per heavy atom. The van der Waals surface area contributed by atoms with E-state index in [-0.39, 0.29) is 11.0 Å². The van der Waals surface area contributed by atoms with Crippen molar-refractivity contribution in [3.8, 4) is 0 Å². The van der Waals surface area contributed by atoms with Crippen LogP contribution in [-0.2, 0) is 4.74 Å². The Balaban J connectivity index is 0.00000121. The van der Waals surface area contributed by atoms with Gasteiger partial charge in [0.05, 0.1) is 0 Å². The average Bonchev–Trinajstić information content (AvgIpc) is 2.63. The summed E-state index contributed by atoms with van der Waals surface area (Å²) in [6, 6.07) is 0.367. The normalized spacial score (nSPS) is 35.5. The van der Waals surface area contributed by atoms with Gasteiger partial charge in [0.15, 0.2) is 0 Å². The molecule has 1 aliphatic carbocycles. The lowest BCUT2D eigenvalue weighted by Gasteiger charge is -2.10. The fourth-order valence-corrected chi connectivity index (χ4v) is 2.10. The first-order valence-electron chi connectivity index (χ1n) is 4.12. The summed E-state index contributed by atoms with van der Waals surface area (Å²) in [5.74, 6) is 0.697. The van der Waals surface area contributed by atoms with Gasteiger partial charge in [-0.2, -0.15) is 0 Å². The zero-order chi connectivity index (χ0) is 8.48. The summed E-state index contributed by atoms with van der Waals surface area (Å²) in [5.41, 5.74) is 5.83. The number of hydrogen-bond acceptors (Lipinski definition) is 2. The molecular weight excluding hydrogens is 265 g/mol.